The van der Waals surface area contributed by atoms with Crippen molar-refractivity contribution in [2.24, 2.45) is 0 Å². The Balaban J connectivity index is 1.69. The van der Waals surface area contributed by atoms with Gasteiger partial charge in [-0.1, -0.05) is 17.7 Å². The lowest BCUT2D eigenvalue weighted by atomic mass is 9.96. The summed E-state index contributed by atoms with van der Waals surface area (Å²) in [4.78, 5) is 12.3. The van der Waals surface area contributed by atoms with E-state index in [2.05, 4.69) is 0 Å². The van der Waals surface area contributed by atoms with Crippen molar-refractivity contribution in [1.82, 2.24) is 0 Å². The van der Waals surface area contributed by atoms with Gasteiger partial charge in [0.2, 0.25) is 6.79 Å². The number of hydrogen-bond acceptors (Lipinski definition) is 4. The Labute approximate surface area is 126 Å². The monoisotopic (exact) mass is 302 g/mol. The van der Waals surface area contributed by atoms with Crippen molar-refractivity contribution in [2.45, 2.75) is 12.5 Å². The molecule has 0 saturated heterocycles. The molecule has 0 fully saturated rings. The quantitative estimate of drug-likeness (QED) is 0.804. The molecule has 21 heavy (non-hydrogen) atoms. The van der Waals surface area contributed by atoms with E-state index in [1.54, 1.807) is 18.2 Å². The molecule has 106 valence electrons. The van der Waals surface area contributed by atoms with Crippen LogP contribution in [0.4, 0.5) is 0 Å². The van der Waals surface area contributed by atoms with Crippen LogP contribution in [0.1, 0.15) is 28.4 Å². The molecule has 1 unspecified atom stereocenters. The lowest BCUT2D eigenvalue weighted by Crippen LogP contribution is -2.20. The topological polar surface area (TPSA) is 44.8 Å². The number of carbonyl (C=O) groups excluding carboxylic acids is 1. The number of Topliss-reactive ketones (excluding diaryl/α,β-unsaturated/α-hetero) is 1. The molecule has 2 heterocycles. The lowest BCUT2D eigenvalue weighted by molar-refractivity contribution is 0.0849. The molecule has 2 aliphatic heterocycles. The molecule has 2 aromatic rings. The Hall–Kier alpha value is -2.20. The molecular formula is C16H11ClO4. The molecule has 0 N–H and O–H groups in total. The van der Waals surface area contributed by atoms with Crippen LogP contribution in [0.15, 0.2) is 36.4 Å². The van der Waals surface area contributed by atoms with E-state index in [-0.39, 0.29) is 25.1 Å². The second-order valence-corrected chi connectivity index (χ2v) is 5.42. The van der Waals surface area contributed by atoms with Gasteiger partial charge in [-0.3, -0.25) is 4.79 Å². The van der Waals surface area contributed by atoms with Crippen molar-refractivity contribution in [1.29, 1.82) is 0 Å². The Morgan fingerprint density at radius 3 is 2.71 bits per heavy atom. The highest BCUT2D eigenvalue weighted by Crippen LogP contribution is 2.39. The van der Waals surface area contributed by atoms with Gasteiger partial charge in [-0.15, -0.1) is 0 Å². The molecule has 5 heteroatoms. The van der Waals surface area contributed by atoms with Gasteiger partial charge >= 0.3 is 0 Å². The summed E-state index contributed by atoms with van der Waals surface area (Å²) in [7, 11) is 0. The Kier molecular flexibility index (Phi) is 2.79. The van der Waals surface area contributed by atoms with E-state index >= 15 is 0 Å². The van der Waals surface area contributed by atoms with Gasteiger partial charge in [-0.25, -0.2) is 0 Å². The maximum absolute atomic E-state index is 12.3. The zero-order valence-electron chi connectivity index (χ0n) is 11.0. The largest absolute Gasteiger partial charge is 0.484 e. The van der Waals surface area contributed by atoms with Crippen molar-refractivity contribution in [3.05, 3.63) is 52.5 Å². The van der Waals surface area contributed by atoms with Gasteiger partial charge < -0.3 is 14.2 Å². The molecule has 1 atom stereocenters. The van der Waals surface area contributed by atoms with Gasteiger partial charge in [-0.2, -0.15) is 0 Å². The van der Waals surface area contributed by atoms with Gasteiger partial charge in [0.25, 0.3) is 0 Å². The smallest absolute Gasteiger partial charge is 0.231 e. The minimum absolute atomic E-state index is 0.0291. The minimum atomic E-state index is -0.319. The summed E-state index contributed by atoms with van der Waals surface area (Å²) in [6.45, 7) is 0.227. The fraction of sp³-hybridized carbons (Fsp3) is 0.188. The highest BCUT2D eigenvalue weighted by atomic mass is 35.5. The fourth-order valence-electron chi connectivity index (χ4n) is 2.60. The van der Waals surface area contributed by atoms with Gasteiger partial charge in [0.15, 0.2) is 17.3 Å². The highest BCUT2D eigenvalue weighted by Gasteiger charge is 2.29. The van der Waals surface area contributed by atoms with E-state index in [1.165, 1.54) is 0 Å². The number of fused-ring (bicyclic) bond motifs is 2. The van der Waals surface area contributed by atoms with Gasteiger partial charge in [0, 0.05) is 5.02 Å². The van der Waals surface area contributed by atoms with Gasteiger partial charge in [-0.05, 0) is 35.9 Å². The Morgan fingerprint density at radius 2 is 1.81 bits per heavy atom. The molecule has 2 aromatic carbocycles. The molecule has 0 amide bonds. The van der Waals surface area contributed by atoms with Crippen LogP contribution < -0.4 is 14.2 Å². The number of hydrogen-bond donors (Lipinski definition) is 0. The average Bonchev–Trinajstić information content (AvgIpc) is 2.95. The summed E-state index contributed by atoms with van der Waals surface area (Å²) in [5.74, 6) is 2.00. The van der Waals surface area contributed by atoms with Gasteiger partial charge in [0.1, 0.15) is 11.9 Å². The first-order valence-corrected chi connectivity index (χ1v) is 6.97. The van der Waals surface area contributed by atoms with Crippen LogP contribution in [-0.4, -0.2) is 12.6 Å². The number of halogens is 1. The first kappa shape index (κ1) is 12.5. The molecular weight excluding hydrogens is 292 g/mol. The van der Waals surface area contributed by atoms with Crippen LogP contribution in [0.3, 0.4) is 0 Å². The summed E-state index contributed by atoms with van der Waals surface area (Å²) in [5, 5.41) is 0.534. The first-order chi connectivity index (χ1) is 10.2. The van der Waals surface area contributed by atoms with Crippen molar-refractivity contribution in [2.75, 3.05) is 6.79 Å². The van der Waals surface area contributed by atoms with Crippen LogP contribution in [-0.2, 0) is 0 Å². The van der Waals surface area contributed by atoms with Crippen LogP contribution >= 0.6 is 11.6 Å². The third kappa shape index (κ3) is 2.12. The zero-order valence-corrected chi connectivity index (χ0v) is 11.7. The Bertz CT molecular complexity index is 741. The van der Waals surface area contributed by atoms with Gasteiger partial charge in [0.05, 0.1) is 12.0 Å². The van der Waals surface area contributed by atoms with E-state index in [0.29, 0.717) is 27.8 Å². The second kappa shape index (κ2) is 4.67. The molecule has 0 radical (unpaired) electrons. The lowest BCUT2D eigenvalue weighted by Gasteiger charge is -2.25. The summed E-state index contributed by atoms with van der Waals surface area (Å²) < 4.78 is 16.6. The predicted molar refractivity (Wildman–Crippen MR) is 76.3 cm³/mol. The van der Waals surface area contributed by atoms with Crippen LogP contribution in [0, 0.1) is 0 Å². The number of carbonyl (C=O) groups is 1. The molecule has 0 spiro atoms. The molecule has 0 aromatic heterocycles. The van der Waals surface area contributed by atoms with E-state index < -0.39 is 0 Å². The van der Waals surface area contributed by atoms with Crippen LogP contribution in [0.25, 0.3) is 0 Å². The normalized spacial score (nSPS) is 19.1. The maximum atomic E-state index is 12.3. The van der Waals surface area contributed by atoms with E-state index in [0.717, 1.165) is 5.56 Å². The molecule has 4 nitrogen and oxygen atoms in total. The maximum Gasteiger partial charge on any atom is 0.231 e. The summed E-state index contributed by atoms with van der Waals surface area (Å²) in [6.07, 6.45) is -0.0341. The van der Waals surface area contributed by atoms with Crippen LogP contribution in [0.2, 0.25) is 5.02 Å². The number of ether oxygens (including phenoxy) is 3. The molecule has 4 rings (SSSR count). The van der Waals surface area contributed by atoms with Crippen molar-refractivity contribution < 1.29 is 19.0 Å². The van der Waals surface area contributed by atoms with E-state index in [4.69, 9.17) is 25.8 Å². The average molecular weight is 303 g/mol. The van der Waals surface area contributed by atoms with Crippen molar-refractivity contribution in [3.8, 4) is 17.2 Å². The van der Waals surface area contributed by atoms with Crippen LogP contribution in [0.5, 0.6) is 17.2 Å². The van der Waals surface area contributed by atoms with E-state index in [9.17, 15) is 4.79 Å². The summed E-state index contributed by atoms with van der Waals surface area (Å²) in [6, 6.07) is 10.7. The zero-order chi connectivity index (χ0) is 14.4. The fourth-order valence-corrected chi connectivity index (χ4v) is 2.77. The molecule has 0 aliphatic carbocycles. The standard InChI is InChI=1S/C16H11ClO4/c17-10-2-4-13-11(6-10)12(18)7-15(21-13)9-1-3-14-16(5-9)20-8-19-14/h1-6,15H,7-8H2. The number of benzene rings is 2. The summed E-state index contributed by atoms with van der Waals surface area (Å²) in [5.41, 5.74) is 1.44. The van der Waals surface area contributed by atoms with Crippen molar-refractivity contribution >= 4 is 17.4 Å². The first-order valence-electron chi connectivity index (χ1n) is 6.60. The second-order valence-electron chi connectivity index (χ2n) is 4.99. The minimum Gasteiger partial charge on any atom is -0.484 e. The predicted octanol–water partition coefficient (Wildman–Crippen LogP) is 3.78. The van der Waals surface area contributed by atoms with Crippen molar-refractivity contribution in [3.63, 3.8) is 0 Å². The third-order valence-electron chi connectivity index (χ3n) is 3.65. The third-order valence-corrected chi connectivity index (χ3v) is 3.89. The highest BCUT2D eigenvalue weighted by molar-refractivity contribution is 6.31. The molecule has 0 saturated carbocycles. The molecule has 2 aliphatic rings. The Morgan fingerprint density at radius 1 is 1.00 bits per heavy atom. The number of rotatable bonds is 1. The number of ketones is 1. The van der Waals surface area contributed by atoms with E-state index in [1.807, 2.05) is 18.2 Å². The molecule has 0 bridgehead atoms. The summed E-state index contributed by atoms with van der Waals surface area (Å²) >= 11 is 5.92. The SMILES string of the molecule is O=C1CC(c2ccc3c(c2)OCO3)Oc2ccc(Cl)cc21.